The van der Waals surface area contributed by atoms with Crippen molar-refractivity contribution in [2.45, 2.75) is 24.7 Å². The van der Waals surface area contributed by atoms with Crippen molar-refractivity contribution in [3.63, 3.8) is 0 Å². The minimum absolute atomic E-state index is 0.0816. The Bertz CT molecular complexity index is 2120. The molecule has 2 heterocycles. The standard InChI is InChI=1S/C38H24N4O6/c1-37(2)23-3-7-25(8-4-23)38(26-9-5-24(37)6-10-26,27-11-13-28(14-12-27)41-31(43)17-18-32(41)44)29-15-16-30(42-33(45)19-20-34(42)46)36(48-22-40)35(29)47-21-39/h3-20H,1-2H3. The lowest BCUT2D eigenvalue weighted by Gasteiger charge is -2.40. The highest BCUT2D eigenvalue weighted by molar-refractivity contribution is 6.29. The van der Waals surface area contributed by atoms with Crippen molar-refractivity contribution in [1.29, 1.82) is 10.5 Å². The predicted octanol–water partition coefficient (Wildman–Crippen LogP) is 5.29. The van der Waals surface area contributed by atoms with Gasteiger partial charge in [-0.3, -0.25) is 19.2 Å². The summed E-state index contributed by atoms with van der Waals surface area (Å²) in [5.74, 6) is -2.73. The first-order valence-electron chi connectivity index (χ1n) is 14.9. The van der Waals surface area contributed by atoms with Gasteiger partial charge in [-0.1, -0.05) is 80.6 Å². The van der Waals surface area contributed by atoms with Gasteiger partial charge < -0.3 is 9.47 Å². The lowest BCUT2D eigenvalue weighted by Crippen LogP contribution is -2.34. The Hall–Kier alpha value is -6.78. The summed E-state index contributed by atoms with van der Waals surface area (Å²) >= 11 is 0. The zero-order chi connectivity index (χ0) is 33.8. The number of ether oxygens (including phenoxy) is 2. The van der Waals surface area contributed by atoms with Gasteiger partial charge in [0, 0.05) is 35.3 Å². The molecule has 0 radical (unpaired) electrons. The minimum Gasteiger partial charge on any atom is -0.384 e. The summed E-state index contributed by atoms with van der Waals surface area (Å²) < 4.78 is 11.0. The molecule has 0 atom stereocenters. The maximum Gasteiger partial charge on any atom is 0.292 e. The molecule has 0 saturated heterocycles. The summed E-state index contributed by atoms with van der Waals surface area (Å²) in [4.78, 5) is 52.4. The first-order valence-corrected chi connectivity index (χ1v) is 14.9. The Balaban J connectivity index is 1.57. The van der Waals surface area contributed by atoms with Crippen molar-refractivity contribution < 1.29 is 28.7 Å². The van der Waals surface area contributed by atoms with E-state index in [0.29, 0.717) is 16.8 Å². The van der Waals surface area contributed by atoms with E-state index >= 15 is 0 Å². The van der Waals surface area contributed by atoms with Crippen LogP contribution < -0.4 is 19.3 Å². The van der Waals surface area contributed by atoms with Gasteiger partial charge in [0.15, 0.2) is 5.75 Å². The van der Waals surface area contributed by atoms with Gasteiger partial charge in [-0.15, -0.1) is 10.5 Å². The van der Waals surface area contributed by atoms with Crippen molar-refractivity contribution in [3.8, 4) is 24.0 Å². The highest BCUT2D eigenvalue weighted by Crippen LogP contribution is 2.54. The number of nitriles is 2. The Labute approximate surface area is 274 Å². The summed E-state index contributed by atoms with van der Waals surface area (Å²) in [5, 5.41) is 19.7. The van der Waals surface area contributed by atoms with Gasteiger partial charge in [-0.25, -0.2) is 9.80 Å². The van der Waals surface area contributed by atoms with Crippen molar-refractivity contribution in [1.82, 2.24) is 0 Å². The maximum absolute atomic E-state index is 12.8. The quantitative estimate of drug-likeness (QED) is 0.206. The summed E-state index contributed by atoms with van der Waals surface area (Å²) in [5.41, 5.74) is 3.29. The van der Waals surface area contributed by atoms with Gasteiger partial charge in [0.1, 0.15) is 5.69 Å². The predicted molar refractivity (Wildman–Crippen MR) is 173 cm³/mol. The second-order valence-electron chi connectivity index (χ2n) is 11.9. The molecular formula is C38H24N4O6. The number of carbonyl (C=O) groups excluding carboxylic acids is 4. The maximum atomic E-state index is 12.8. The smallest absolute Gasteiger partial charge is 0.292 e. The average Bonchev–Trinajstić information content (AvgIpc) is 3.61. The van der Waals surface area contributed by atoms with Crippen molar-refractivity contribution in [3.05, 3.63) is 143 Å². The van der Waals surface area contributed by atoms with Gasteiger partial charge >= 0.3 is 0 Å². The Kier molecular flexibility index (Phi) is 6.81. The molecule has 10 heteroatoms. The van der Waals surface area contributed by atoms with Crippen LogP contribution in [-0.4, -0.2) is 23.6 Å². The molecule has 0 N–H and O–H groups in total. The molecule has 10 nitrogen and oxygen atoms in total. The molecule has 0 saturated carbocycles. The molecule has 232 valence electrons. The zero-order valence-electron chi connectivity index (χ0n) is 25.6. The number of anilines is 2. The molecule has 10 rings (SSSR count). The van der Waals surface area contributed by atoms with Gasteiger partial charge in [0.05, 0.1) is 11.1 Å². The minimum atomic E-state index is -1.27. The number of hydrogen-bond acceptors (Lipinski definition) is 8. The van der Waals surface area contributed by atoms with E-state index in [0.717, 1.165) is 44.2 Å². The molecule has 0 aromatic heterocycles. The van der Waals surface area contributed by atoms with E-state index < -0.39 is 29.0 Å². The summed E-state index contributed by atoms with van der Waals surface area (Å²) in [6.45, 7) is 4.28. The number of nitrogens with zero attached hydrogens (tertiary/aromatic N) is 4. The Morgan fingerprint density at radius 1 is 0.521 bits per heavy atom. The molecule has 4 aromatic carbocycles. The molecule has 0 fully saturated rings. The molecule has 4 amide bonds. The summed E-state index contributed by atoms with van der Waals surface area (Å²) in [6, 6.07) is 26.0. The number of imide groups is 2. The number of rotatable bonds is 6. The van der Waals surface area contributed by atoms with Crippen LogP contribution in [-0.2, 0) is 30.0 Å². The van der Waals surface area contributed by atoms with Crippen LogP contribution in [0.1, 0.15) is 47.2 Å². The van der Waals surface area contributed by atoms with E-state index in [2.05, 4.69) is 13.8 Å². The van der Waals surface area contributed by atoms with Gasteiger partial charge in [-0.2, -0.15) is 0 Å². The highest BCUT2D eigenvalue weighted by atomic mass is 16.5. The van der Waals surface area contributed by atoms with Gasteiger partial charge in [-0.05, 0) is 46.0 Å². The van der Waals surface area contributed by atoms with E-state index in [1.54, 1.807) is 42.8 Å². The van der Waals surface area contributed by atoms with Gasteiger partial charge in [0.25, 0.3) is 36.1 Å². The molecule has 4 aliphatic carbocycles. The number of hydrogen-bond donors (Lipinski definition) is 0. The van der Waals surface area contributed by atoms with Crippen LogP contribution in [0.4, 0.5) is 11.4 Å². The monoisotopic (exact) mass is 632 g/mol. The third kappa shape index (κ3) is 4.24. The number of amides is 4. The second-order valence-corrected chi connectivity index (χ2v) is 11.9. The Morgan fingerprint density at radius 3 is 1.38 bits per heavy atom. The molecular weight excluding hydrogens is 608 g/mol. The molecule has 0 unspecified atom stereocenters. The van der Waals surface area contributed by atoms with Crippen LogP contribution in [0, 0.1) is 23.0 Å². The van der Waals surface area contributed by atoms with E-state index in [1.165, 1.54) is 18.2 Å². The van der Waals surface area contributed by atoms with Crippen molar-refractivity contribution in [2.75, 3.05) is 9.80 Å². The third-order valence-electron chi connectivity index (χ3n) is 9.29. The SMILES string of the molecule is CC1(C)c2ccc(cc2)C(c2ccc(N3C(=O)C=CC3=O)cc2)(c2ccc(N3C(=O)C=CC3=O)c(OC#N)c2OC#N)c2ccc1cc2. The fourth-order valence-corrected chi connectivity index (χ4v) is 6.87. The number of carbonyl (C=O) groups is 4. The highest BCUT2D eigenvalue weighted by Gasteiger charge is 2.45. The van der Waals surface area contributed by atoms with Gasteiger partial charge in [0.2, 0.25) is 5.75 Å². The summed E-state index contributed by atoms with van der Waals surface area (Å²) in [7, 11) is 0. The number of benzene rings is 4. The lowest BCUT2D eigenvalue weighted by atomic mass is 9.63. The largest absolute Gasteiger partial charge is 0.384 e. The zero-order valence-corrected chi connectivity index (χ0v) is 25.6. The summed E-state index contributed by atoms with van der Waals surface area (Å²) in [6.07, 6.45) is 7.91. The van der Waals surface area contributed by atoms with Crippen LogP contribution in [0.15, 0.2) is 109 Å². The van der Waals surface area contributed by atoms with Crippen LogP contribution in [0.5, 0.6) is 11.5 Å². The molecule has 6 aliphatic rings. The molecule has 0 spiro atoms. The average molecular weight is 633 g/mol. The second kappa shape index (κ2) is 10.9. The fraction of sp³-hybridized carbons (Fsp3) is 0.105. The topological polar surface area (TPSA) is 141 Å². The molecule has 4 aromatic rings. The molecule has 2 aliphatic heterocycles. The molecule has 4 bridgehead atoms. The van der Waals surface area contributed by atoms with Crippen LogP contribution in [0.2, 0.25) is 0 Å². The fourth-order valence-electron chi connectivity index (χ4n) is 6.87. The van der Waals surface area contributed by atoms with Crippen LogP contribution in [0.3, 0.4) is 0 Å². The van der Waals surface area contributed by atoms with E-state index in [-0.39, 0.29) is 22.6 Å². The van der Waals surface area contributed by atoms with Crippen LogP contribution in [0.25, 0.3) is 0 Å². The third-order valence-corrected chi connectivity index (χ3v) is 9.29. The molecule has 48 heavy (non-hydrogen) atoms. The normalized spacial score (nSPS) is 16.8. The van der Waals surface area contributed by atoms with Crippen LogP contribution >= 0.6 is 0 Å². The lowest BCUT2D eigenvalue weighted by molar-refractivity contribution is -0.121. The first kappa shape index (κ1) is 29.9. The first-order chi connectivity index (χ1) is 23.1. The van der Waals surface area contributed by atoms with Crippen molar-refractivity contribution >= 4 is 35.0 Å². The Morgan fingerprint density at radius 2 is 0.917 bits per heavy atom. The van der Waals surface area contributed by atoms with E-state index in [9.17, 15) is 29.7 Å². The van der Waals surface area contributed by atoms with E-state index in [4.69, 9.17) is 9.47 Å². The van der Waals surface area contributed by atoms with Crippen molar-refractivity contribution in [2.24, 2.45) is 0 Å². The van der Waals surface area contributed by atoms with E-state index in [1.807, 2.05) is 48.5 Å².